The van der Waals surface area contributed by atoms with Crippen LogP contribution in [0, 0.1) is 5.41 Å². The van der Waals surface area contributed by atoms with Gasteiger partial charge in [-0.2, -0.15) is 0 Å². The van der Waals surface area contributed by atoms with Gasteiger partial charge in [-0.15, -0.1) is 0 Å². The Morgan fingerprint density at radius 2 is 2.12 bits per heavy atom. The lowest BCUT2D eigenvalue weighted by molar-refractivity contribution is 0.485. The van der Waals surface area contributed by atoms with Crippen LogP contribution in [-0.2, 0) is 0 Å². The maximum atomic E-state index is 5.32. The summed E-state index contributed by atoms with van der Waals surface area (Å²) in [5, 5.41) is 3.40. The van der Waals surface area contributed by atoms with Crippen molar-refractivity contribution < 1.29 is 0 Å². The summed E-state index contributed by atoms with van der Waals surface area (Å²) in [6.07, 6.45) is 5.28. The number of nitrogens with zero attached hydrogens (tertiary/aromatic N) is 1. The highest BCUT2D eigenvalue weighted by molar-refractivity contribution is 5.44. The van der Waals surface area contributed by atoms with Crippen LogP contribution in [0.25, 0.3) is 0 Å². The van der Waals surface area contributed by atoms with Crippen LogP contribution in [0.1, 0.15) is 32.6 Å². The van der Waals surface area contributed by atoms with Crippen molar-refractivity contribution in [2.45, 2.75) is 32.6 Å². The van der Waals surface area contributed by atoms with Gasteiger partial charge in [-0.25, -0.2) is 10.8 Å². The highest BCUT2D eigenvalue weighted by Crippen LogP contribution is 2.49. The standard InChI is InChI=1S/C12H20N4/c1-2-6-12(7-8-12)9-14-10-4-3-5-11(15-10)16-13/h3-5H,2,6-9,13H2,1H3,(H2,14,15,16). The molecule has 0 aromatic carbocycles. The molecule has 4 N–H and O–H groups in total. The molecule has 0 saturated heterocycles. The summed E-state index contributed by atoms with van der Waals surface area (Å²) < 4.78 is 0. The van der Waals surface area contributed by atoms with Crippen molar-refractivity contribution in [1.29, 1.82) is 0 Å². The number of hydrazine groups is 1. The fourth-order valence-electron chi connectivity index (χ4n) is 2.11. The number of nitrogens with one attached hydrogen (secondary N) is 2. The second kappa shape index (κ2) is 4.70. The molecule has 1 aliphatic rings. The van der Waals surface area contributed by atoms with Gasteiger partial charge in [-0.1, -0.05) is 19.4 Å². The van der Waals surface area contributed by atoms with E-state index in [0.29, 0.717) is 11.2 Å². The van der Waals surface area contributed by atoms with Gasteiger partial charge in [-0.3, -0.25) is 0 Å². The van der Waals surface area contributed by atoms with E-state index in [0.717, 1.165) is 12.4 Å². The molecule has 2 rings (SSSR count). The first-order chi connectivity index (χ1) is 7.78. The average molecular weight is 220 g/mol. The van der Waals surface area contributed by atoms with E-state index in [2.05, 4.69) is 22.7 Å². The molecule has 1 aromatic heterocycles. The van der Waals surface area contributed by atoms with Gasteiger partial charge in [0, 0.05) is 6.54 Å². The van der Waals surface area contributed by atoms with E-state index < -0.39 is 0 Å². The van der Waals surface area contributed by atoms with E-state index in [1.807, 2.05) is 18.2 Å². The third kappa shape index (κ3) is 2.64. The summed E-state index contributed by atoms with van der Waals surface area (Å²) in [6, 6.07) is 5.77. The number of hydrogen-bond acceptors (Lipinski definition) is 4. The van der Waals surface area contributed by atoms with Crippen LogP contribution < -0.4 is 16.6 Å². The fraction of sp³-hybridized carbons (Fsp3) is 0.583. The number of aromatic nitrogens is 1. The maximum Gasteiger partial charge on any atom is 0.142 e. The summed E-state index contributed by atoms with van der Waals surface area (Å²) in [4.78, 5) is 4.33. The second-order valence-corrected chi connectivity index (χ2v) is 4.66. The highest BCUT2D eigenvalue weighted by atomic mass is 15.3. The van der Waals surface area contributed by atoms with Crippen molar-refractivity contribution in [1.82, 2.24) is 4.98 Å². The van der Waals surface area contributed by atoms with Crippen molar-refractivity contribution in [3.05, 3.63) is 18.2 Å². The molecule has 0 unspecified atom stereocenters. The molecule has 0 amide bonds. The van der Waals surface area contributed by atoms with Crippen LogP contribution in [0.5, 0.6) is 0 Å². The summed E-state index contributed by atoms with van der Waals surface area (Å²) in [5.41, 5.74) is 3.10. The lowest BCUT2D eigenvalue weighted by Crippen LogP contribution is -2.16. The molecule has 1 fully saturated rings. The number of rotatable bonds is 6. The second-order valence-electron chi connectivity index (χ2n) is 4.66. The zero-order valence-corrected chi connectivity index (χ0v) is 9.79. The molecule has 1 saturated carbocycles. The van der Waals surface area contributed by atoms with Gasteiger partial charge in [0.2, 0.25) is 0 Å². The normalized spacial score (nSPS) is 16.9. The quantitative estimate of drug-likeness (QED) is 0.508. The lowest BCUT2D eigenvalue weighted by atomic mass is 10.0. The lowest BCUT2D eigenvalue weighted by Gasteiger charge is -2.15. The molecular formula is C12H20N4. The molecule has 4 heteroatoms. The number of nitrogen functional groups attached to an aromatic ring is 1. The maximum absolute atomic E-state index is 5.32. The first kappa shape index (κ1) is 11.2. The van der Waals surface area contributed by atoms with Gasteiger partial charge in [0.1, 0.15) is 11.6 Å². The van der Waals surface area contributed by atoms with E-state index in [4.69, 9.17) is 5.84 Å². The van der Waals surface area contributed by atoms with Gasteiger partial charge in [0.05, 0.1) is 0 Å². The van der Waals surface area contributed by atoms with Crippen molar-refractivity contribution in [2.24, 2.45) is 11.3 Å². The smallest absolute Gasteiger partial charge is 0.142 e. The number of hydrogen-bond donors (Lipinski definition) is 3. The Labute approximate surface area is 96.6 Å². The topological polar surface area (TPSA) is 63.0 Å². The molecule has 1 heterocycles. The molecule has 1 aliphatic carbocycles. The highest BCUT2D eigenvalue weighted by Gasteiger charge is 2.41. The molecule has 0 aliphatic heterocycles. The van der Waals surface area contributed by atoms with Crippen LogP contribution >= 0.6 is 0 Å². The van der Waals surface area contributed by atoms with Gasteiger partial charge in [-0.05, 0) is 36.8 Å². The van der Waals surface area contributed by atoms with E-state index in [1.54, 1.807) is 0 Å². The molecule has 0 spiro atoms. The van der Waals surface area contributed by atoms with E-state index in [1.165, 1.54) is 25.7 Å². The predicted molar refractivity (Wildman–Crippen MR) is 67.1 cm³/mol. The fourth-order valence-corrected chi connectivity index (χ4v) is 2.11. The molecular weight excluding hydrogens is 200 g/mol. The predicted octanol–water partition coefficient (Wildman–Crippen LogP) is 2.36. The average Bonchev–Trinajstić information content (AvgIpc) is 3.08. The minimum Gasteiger partial charge on any atom is -0.369 e. The first-order valence-corrected chi connectivity index (χ1v) is 5.95. The number of anilines is 2. The summed E-state index contributed by atoms with van der Waals surface area (Å²) in [6.45, 7) is 3.28. The van der Waals surface area contributed by atoms with Gasteiger partial charge in [0.25, 0.3) is 0 Å². The van der Waals surface area contributed by atoms with E-state index >= 15 is 0 Å². The molecule has 0 bridgehead atoms. The summed E-state index contributed by atoms with van der Waals surface area (Å²) in [5.74, 6) is 6.92. The third-order valence-electron chi connectivity index (χ3n) is 3.28. The van der Waals surface area contributed by atoms with Gasteiger partial charge in [0.15, 0.2) is 0 Å². The van der Waals surface area contributed by atoms with Crippen molar-refractivity contribution in [3.63, 3.8) is 0 Å². The van der Waals surface area contributed by atoms with Gasteiger partial charge >= 0.3 is 0 Å². The molecule has 4 nitrogen and oxygen atoms in total. The van der Waals surface area contributed by atoms with Crippen LogP contribution in [0.4, 0.5) is 11.6 Å². The Morgan fingerprint density at radius 1 is 1.38 bits per heavy atom. The Morgan fingerprint density at radius 3 is 2.75 bits per heavy atom. The largest absolute Gasteiger partial charge is 0.369 e. The third-order valence-corrected chi connectivity index (χ3v) is 3.28. The molecule has 88 valence electrons. The Bertz CT molecular complexity index is 347. The Balaban J connectivity index is 1.89. The molecule has 16 heavy (non-hydrogen) atoms. The molecule has 0 atom stereocenters. The van der Waals surface area contributed by atoms with Gasteiger partial charge < -0.3 is 10.7 Å². The monoisotopic (exact) mass is 220 g/mol. The van der Waals surface area contributed by atoms with Crippen LogP contribution in [0.2, 0.25) is 0 Å². The summed E-state index contributed by atoms with van der Waals surface area (Å²) in [7, 11) is 0. The minimum atomic E-state index is 0.544. The van der Waals surface area contributed by atoms with E-state index in [9.17, 15) is 0 Å². The van der Waals surface area contributed by atoms with Crippen LogP contribution in [0.15, 0.2) is 18.2 Å². The molecule has 1 aromatic rings. The zero-order valence-electron chi connectivity index (χ0n) is 9.79. The van der Waals surface area contributed by atoms with E-state index in [-0.39, 0.29) is 0 Å². The SMILES string of the molecule is CCCC1(CNc2cccc(NN)n2)CC1. The zero-order chi connectivity index (χ0) is 11.4. The minimum absolute atomic E-state index is 0.544. The summed E-state index contributed by atoms with van der Waals surface area (Å²) >= 11 is 0. The number of nitrogens with two attached hydrogens (primary N) is 1. The van der Waals surface area contributed by atoms with Crippen molar-refractivity contribution >= 4 is 11.6 Å². The first-order valence-electron chi connectivity index (χ1n) is 5.95. The van der Waals surface area contributed by atoms with Crippen molar-refractivity contribution in [2.75, 3.05) is 17.3 Å². The van der Waals surface area contributed by atoms with Crippen LogP contribution in [-0.4, -0.2) is 11.5 Å². The Hall–Kier alpha value is -1.29. The van der Waals surface area contributed by atoms with Crippen LogP contribution in [0.3, 0.4) is 0 Å². The number of pyridine rings is 1. The molecule has 0 radical (unpaired) electrons. The Kier molecular flexibility index (Phi) is 3.29. The van der Waals surface area contributed by atoms with Crippen molar-refractivity contribution in [3.8, 4) is 0 Å².